The van der Waals surface area contributed by atoms with Crippen molar-refractivity contribution in [2.45, 2.75) is 32.7 Å². The van der Waals surface area contributed by atoms with E-state index < -0.39 is 17.5 Å². The zero-order chi connectivity index (χ0) is 20.5. The molecule has 0 aliphatic heterocycles. The number of fused-ring (bicyclic) bond motifs is 1. The number of aromatic nitrogens is 4. The second kappa shape index (κ2) is 7.49. The molecule has 0 atom stereocenters. The van der Waals surface area contributed by atoms with Crippen LogP contribution in [0.3, 0.4) is 0 Å². The first-order valence-electron chi connectivity index (χ1n) is 8.72. The Labute approximate surface area is 160 Å². The number of carbonyl (C=O) groups is 1. The van der Waals surface area contributed by atoms with E-state index in [0.29, 0.717) is 22.4 Å². The molecule has 2 aromatic heterocycles. The first kappa shape index (κ1) is 19.7. The zero-order valence-corrected chi connectivity index (χ0v) is 15.9. The number of alkyl halides is 2. The number of rotatable bonds is 6. The highest BCUT2D eigenvalue weighted by Gasteiger charge is 2.45. The zero-order valence-electron chi connectivity index (χ0n) is 15.9. The normalized spacial score (nSPS) is 11.8. The third-order valence-corrected chi connectivity index (χ3v) is 4.26. The van der Waals surface area contributed by atoms with Gasteiger partial charge in [0.15, 0.2) is 5.65 Å². The molecule has 0 radical (unpaired) electrons. The van der Waals surface area contributed by atoms with E-state index >= 15 is 0 Å². The molecule has 0 fully saturated rings. The molecule has 0 bridgehead atoms. The van der Waals surface area contributed by atoms with Crippen molar-refractivity contribution >= 4 is 17.1 Å². The van der Waals surface area contributed by atoms with E-state index in [1.54, 1.807) is 12.4 Å². The molecule has 28 heavy (non-hydrogen) atoms. The first-order valence-corrected chi connectivity index (χ1v) is 8.72. The van der Waals surface area contributed by atoms with E-state index in [9.17, 15) is 13.6 Å². The number of ether oxygens (including phenoxy) is 2. The second-order valence-electron chi connectivity index (χ2n) is 6.35. The number of imidazole rings is 1. The largest absolute Gasteiger partial charge is 0.496 e. The van der Waals surface area contributed by atoms with Crippen molar-refractivity contribution < 1.29 is 23.0 Å². The van der Waals surface area contributed by atoms with Gasteiger partial charge in [-0.05, 0) is 39.0 Å². The van der Waals surface area contributed by atoms with Gasteiger partial charge in [-0.2, -0.15) is 8.78 Å². The smallest absolute Gasteiger partial charge is 0.382 e. The standard InChI is InChI=1S/C19H20F2N4O3/c1-5-28-18(26)19(20,21)13-8-12(6-7-14(13)27-4)15-16-17(23-9-22-15)25(10-24-16)11(2)3/h6-11H,5H2,1-4H3. The van der Waals surface area contributed by atoms with Crippen molar-refractivity contribution in [3.8, 4) is 17.0 Å². The van der Waals surface area contributed by atoms with Crippen molar-refractivity contribution in [3.63, 3.8) is 0 Å². The van der Waals surface area contributed by atoms with Gasteiger partial charge in [-0.25, -0.2) is 19.7 Å². The number of methoxy groups -OCH3 is 1. The Morgan fingerprint density at radius 1 is 1.25 bits per heavy atom. The Bertz CT molecular complexity index is 1020. The Morgan fingerprint density at radius 3 is 2.64 bits per heavy atom. The lowest BCUT2D eigenvalue weighted by atomic mass is 10.0. The predicted molar refractivity (Wildman–Crippen MR) is 98.2 cm³/mol. The van der Waals surface area contributed by atoms with Gasteiger partial charge in [0.05, 0.1) is 25.6 Å². The topological polar surface area (TPSA) is 79.1 Å². The van der Waals surface area contributed by atoms with E-state index in [1.165, 1.54) is 32.5 Å². The van der Waals surface area contributed by atoms with Gasteiger partial charge in [-0.3, -0.25) is 0 Å². The molecule has 0 aliphatic carbocycles. The molecule has 0 aliphatic rings. The van der Waals surface area contributed by atoms with Crippen LogP contribution < -0.4 is 4.74 Å². The maximum Gasteiger partial charge on any atom is 0.382 e. The minimum atomic E-state index is -3.87. The lowest BCUT2D eigenvalue weighted by Gasteiger charge is -2.18. The number of hydrogen-bond donors (Lipinski definition) is 0. The van der Waals surface area contributed by atoms with Gasteiger partial charge in [0.1, 0.15) is 23.3 Å². The molecule has 0 saturated carbocycles. The van der Waals surface area contributed by atoms with Crippen molar-refractivity contribution in [1.29, 1.82) is 0 Å². The maximum absolute atomic E-state index is 14.7. The number of nitrogens with zero attached hydrogens (tertiary/aromatic N) is 4. The van der Waals surface area contributed by atoms with Crippen LogP contribution in [0.25, 0.3) is 22.4 Å². The summed E-state index contributed by atoms with van der Waals surface area (Å²) in [5, 5.41) is 0. The molecular formula is C19H20F2N4O3. The molecule has 148 valence electrons. The molecule has 3 rings (SSSR count). The summed E-state index contributed by atoms with van der Waals surface area (Å²) >= 11 is 0. The molecule has 7 nitrogen and oxygen atoms in total. The van der Waals surface area contributed by atoms with Crippen LogP contribution in [-0.4, -0.2) is 39.2 Å². The monoisotopic (exact) mass is 390 g/mol. The lowest BCUT2D eigenvalue weighted by molar-refractivity contribution is -0.173. The Kier molecular flexibility index (Phi) is 5.26. The Balaban J connectivity index is 2.17. The minimum Gasteiger partial charge on any atom is -0.496 e. The number of carbonyl (C=O) groups excluding carboxylic acids is 1. The highest BCUT2D eigenvalue weighted by atomic mass is 19.3. The van der Waals surface area contributed by atoms with Crippen molar-refractivity contribution in [2.75, 3.05) is 13.7 Å². The molecule has 2 heterocycles. The molecule has 1 aromatic carbocycles. The fraction of sp³-hybridized carbons (Fsp3) is 0.368. The second-order valence-corrected chi connectivity index (χ2v) is 6.35. The van der Waals surface area contributed by atoms with Crippen LogP contribution in [0.5, 0.6) is 5.75 Å². The van der Waals surface area contributed by atoms with Gasteiger partial charge in [-0.1, -0.05) is 0 Å². The SMILES string of the molecule is CCOC(=O)C(F)(F)c1cc(-c2ncnc3c2ncn3C(C)C)ccc1OC. The average Bonchev–Trinajstić information content (AvgIpc) is 3.12. The number of halogens is 2. The summed E-state index contributed by atoms with van der Waals surface area (Å²) in [6.07, 6.45) is 2.98. The maximum atomic E-state index is 14.7. The lowest BCUT2D eigenvalue weighted by Crippen LogP contribution is -2.28. The summed E-state index contributed by atoms with van der Waals surface area (Å²) in [6.45, 7) is 5.27. The van der Waals surface area contributed by atoms with Gasteiger partial charge >= 0.3 is 11.9 Å². The fourth-order valence-electron chi connectivity index (χ4n) is 2.87. The van der Waals surface area contributed by atoms with Gasteiger partial charge < -0.3 is 14.0 Å². The quantitative estimate of drug-likeness (QED) is 0.597. The number of hydrogen-bond acceptors (Lipinski definition) is 6. The fourth-order valence-corrected chi connectivity index (χ4v) is 2.87. The summed E-state index contributed by atoms with van der Waals surface area (Å²) in [5.41, 5.74) is 1.22. The van der Waals surface area contributed by atoms with Crippen LogP contribution >= 0.6 is 0 Å². The highest BCUT2D eigenvalue weighted by Crippen LogP contribution is 2.39. The molecule has 0 amide bonds. The van der Waals surface area contributed by atoms with Gasteiger partial charge in [-0.15, -0.1) is 0 Å². The van der Waals surface area contributed by atoms with Crippen LogP contribution in [-0.2, 0) is 15.5 Å². The summed E-state index contributed by atoms with van der Waals surface area (Å²) in [4.78, 5) is 24.6. The van der Waals surface area contributed by atoms with E-state index in [-0.39, 0.29) is 18.4 Å². The van der Waals surface area contributed by atoms with E-state index in [4.69, 9.17) is 4.74 Å². The first-order chi connectivity index (χ1) is 13.3. The van der Waals surface area contributed by atoms with Crippen LogP contribution in [0, 0.1) is 0 Å². The Hall–Kier alpha value is -3.10. The van der Waals surface area contributed by atoms with E-state index in [0.717, 1.165) is 0 Å². The van der Waals surface area contributed by atoms with Gasteiger partial charge in [0, 0.05) is 11.6 Å². The molecule has 3 aromatic rings. The Morgan fingerprint density at radius 2 is 2.00 bits per heavy atom. The number of benzene rings is 1. The molecule has 0 unspecified atom stereocenters. The number of esters is 1. The minimum absolute atomic E-state index is 0.118. The van der Waals surface area contributed by atoms with Gasteiger partial charge in [0.2, 0.25) is 0 Å². The van der Waals surface area contributed by atoms with E-state index in [2.05, 4.69) is 19.7 Å². The third-order valence-electron chi connectivity index (χ3n) is 4.26. The predicted octanol–water partition coefficient (Wildman–Crippen LogP) is 3.74. The summed E-state index contributed by atoms with van der Waals surface area (Å²) in [7, 11) is 1.26. The summed E-state index contributed by atoms with van der Waals surface area (Å²) < 4.78 is 40.8. The van der Waals surface area contributed by atoms with E-state index in [1.807, 2.05) is 18.4 Å². The van der Waals surface area contributed by atoms with Crippen molar-refractivity contribution in [2.24, 2.45) is 0 Å². The summed E-state index contributed by atoms with van der Waals surface area (Å²) in [5.74, 6) is -5.64. The average molecular weight is 390 g/mol. The highest BCUT2D eigenvalue weighted by molar-refractivity contribution is 5.88. The molecule has 0 saturated heterocycles. The van der Waals surface area contributed by atoms with Crippen molar-refractivity contribution in [1.82, 2.24) is 19.5 Å². The molecule has 9 heteroatoms. The van der Waals surface area contributed by atoms with Gasteiger partial charge in [0.25, 0.3) is 0 Å². The van der Waals surface area contributed by atoms with Crippen LogP contribution in [0.15, 0.2) is 30.9 Å². The summed E-state index contributed by atoms with van der Waals surface area (Å²) in [6, 6.07) is 4.24. The van der Waals surface area contributed by atoms with Crippen molar-refractivity contribution in [3.05, 3.63) is 36.4 Å². The van der Waals surface area contributed by atoms with Crippen LogP contribution in [0.4, 0.5) is 8.78 Å². The molecule has 0 spiro atoms. The third kappa shape index (κ3) is 3.28. The molecular weight excluding hydrogens is 370 g/mol. The molecule has 0 N–H and O–H groups in total. The van der Waals surface area contributed by atoms with Crippen LogP contribution in [0.2, 0.25) is 0 Å². The van der Waals surface area contributed by atoms with Crippen LogP contribution in [0.1, 0.15) is 32.4 Å².